The first-order chi connectivity index (χ1) is 19.6. The SMILES string of the molecule is C[Si](C)(C)OCCCC(CO[Si](C)(C)C)(c1cccc2c1Cc1ccccc1-2)c1cccc2c1Cc1ccccc1-2. The van der Waals surface area contributed by atoms with Crippen LogP contribution in [0.4, 0.5) is 0 Å². The first kappa shape index (κ1) is 28.4. The van der Waals surface area contributed by atoms with Gasteiger partial charge in [0.05, 0.1) is 0 Å². The lowest BCUT2D eigenvalue weighted by atomic mass is 9.68. The van der Waals surface area contributed by atoms with Crippen molar-refractivity contribution in [2.45, 2.75) is 70.4 Å². The van der Waals surface area contributed by atoms with Gasteiger partial charge in [-0.1, -0.05) is 84.9 Å². The van der Waals surface area contributed by atoms with Crippen molar-refractivity contribution in [1.29, 1.82) is 0 Å². The van der Waals surface area contributed by atoms with Gasteiger partial charge in [-0.25, -0.2) is 0 Å². The molecular formula is C37H44O2Si2. The average Bonchev–Trinajstić information content (AvgIpc) is 3.50. The molecule has 0 bridgehead atoms. The average molecular weight is 577 g/mol. The van der Waals surface area contributed by atoms with Crippen LogP contribution in [-0.4, -0.2) is 29.8 Å². The maximum absolute atomic E-state index is 6.98. The van der Waals surface area contributed by atoms with Crippen LogP contribution in [0, 0.1) is 0 Å². The molecule has 212 valence electrons. The molecule has 0 fully saturated rings. The molecule has 4 aromatic rings. The highest BCUT2D eigenvalue weighted by Gasteiger charge is 2.42. The third kappa shape index (κ3) is 5.55. The summed E-state index contributed by atoms with van der Waals surface area (Å²) in [5, 5.41) is 0. The summed E-state index contributed by atoms with van der Waals surface area (Å²) in [6, 6.07) is 32.0. The second-order valence-corrected chi connectivity index (χ2v) is 22.9. The second-order valence-electron chi connectivity index (χ2n) is 13.9. The highest BCUT2D eigenvalue weighted by atomic mass is 28.4. The van der Waals surface area contributed by atoms with E-state index in [1.165, 1.54) is 55.6 Å². The summed E-state index contributed by atoms with van der Waals surface area (Å²) < 4.78 is 13.4. The Bertz CT molecular complexity index is 1480. The van der Waals surface area contributed by atoms with Crippen LogP contribution in [0.5, 0.6) is 0 Å². The molecule has 2 nitrogen and oxygen atoms in total. The van der Waals surface area contributed by atoms with Gasteiger partial charge in [0.25, 0.3) is 0 Å². The molecule has 4 heteroatoms. The molecule has 0 N–H and O–H groups in total. The van der Waals surface area contributed by atoms with Gasteiger partial charge in [-0.3, -0.25) is 0 Å². The molecule has 4 aromatic carbocycles. The fraction of sp³-hybridized carbons (Fsp3) is 0.351. The van der Waals surface area contributed by atoms with Crippen molar-refractivity contribution >= 4 is 16.6 Å². The van der Waals surface area contributed by atoms with E-state index >= 15 is 0 Å². The fourth-order valence-corrected chi connectivity index (χ4v) is 8.38. The highest BCUT2D eigenvalue weighted by Crippen LogP contribution is 2.50. The molecule has 6 rings (SSSR count). The number of hydrogen-bond donors (Lipinski definition) is 0. The third-order valence-corrected chi connectivity index (χ3v) is 10.8. The van der Waals surface area contributed by atoms with Crippen LogP contribution in [0.1, 0.15) is 46.2 Å². The summed E-state index contributed by atoms with van der Waals surface area (Å²) in [5.74, 6) is 0. The molecule has 41 heavy (non-hydrogen) atoms. The van der Waals surface area contributed by atoms with Crippen LogP contribution in [0.25, 0.3) is 22.3 Å². The van der Waals surface area contributed by atoms with Crippen molar-refractivity contribution in [2.24, 2.45) is 0 Å². The monoisotopic (exact) mass is 576 g/mol. The standard InChI is InChI=1S/C37H44O2Si2/c1-40(2,3)38-23-13-22-37(26-39-41(4,5)6,35-20-11-18-31-29-16-9-7-14-27(29)24-33(31)35)36-21-12-19-32-30-17-10-8-15-28(30)25-34(32)36/h7-12,14-21H,13,22-26H2,1-6H3. The normalized spacial score (nSPS) is 14.0. The van der Waals surface area contributed by atoms with Gasteiger partial charge in [-0.15, -0.1) is 0 Å². The van der Waals surface area contributed by atoms with E-state index in [9.17, 15) is 0 Å². The third-order valence-electron chi connectivity index (χ3n) is 8.77. The Morgan fingerprint density at radius 3 is 1.51 bits per heavy atom. The van der Waals surface area contributed by atoms with Crippen LogP contribution in [-0.2, 0) is 27.1 Å². The van der Waals surface area contributed by atoms with E-state index in [0.717, 1.165) is 32.3 Å². The first-order valence-electron chi connectivity index (χ1n) is 15.2. The summed E-state index contributed by atoms with van der Waals surface area (Å²) >= 11 is 0. The van der Waals surface area contributed by atoms with Crippen molar-refractivity contribution in [2.75, 3.05) is 13.2 Å². The molecule has 2 aliphatic carbocycles. The molecular weight excluding hydrogens is 533 g/mol. The lowest BCUT2D eigenvalue weighted by Gasteiger charge is -2.40. The Kier molecular flexibility index (Phi) is 7.48. The highest BCUT2D eigenvalue weighted by molar-refractivity contribution is 6.70. The van der Waals surface area contributed by atoms with E-state index in [1.54, 1.807) is 0 Å². The van der Waals surface area contributed by atoms with Gasteiger partial charge >= 0.3 is 0 Å². The predicted molar refractivity (Wildman–Crippen MR) is 178 cm³/mol. The number of benzene rings is 4. The van der Waals surface area contributed by atoms with E-state index in [4.69, 9.17) is 8.85 Å². The zero-order valence-corrected chi connectivity index (χ0v) is 27.6. The van der Waals surface area contributed by atoms with Crippen molar-refractivity contribution in [3.63, 3.8) is 0 Å². The molecule has 0 aliphatic heterocycles. The van der Waals surface area contributed by atoms with E-state index < -0.39 is 16.6 Å². The van der Waals surface area contributed by atoms with E-state index in [-0.39, 0.29) is 5.41 Å². The smallest absolute Gasteiger partial charge is 0.183 e. The fourth-order valence-electron chi connectivity index (χ4n) is 6.95. The lowest BCUT2D eigenvalue weighted by molar-refractivity contribution is 0.209. The van der Waals surface area contributed by atoms with Gasteiger partial charge in [-0.05, 0) is 121 Å². The molecule has 0 saturated heterocycles. The Hall–Kier alpha value is -2.77. The van der Waals surface area contributed by atoms with Crippen molar-refractivity contribution in [3.05, 3.63) is 118 Å². The molecule has 2 aliphatic rings. The maximum Gasteiger partial charge on any atom is 0.183 e. The maximum atomic E-state index is 6.98. The van der Waals surface area contributed by atoms with E-state index in [1.807, 2.05) is 0 Å². The molecule has 0 heterocycles. The topological polar surface area (TPSA) is 18.5 Å². The summed E-state index contributed by atoms with van der Waals surface area (Å²) in [5.41, 5.74) is 14.0. The number of fused-ring (bicyclic) bond motifs is 6. The molecule has 0 amide bonds. The minimum Gasteiger partial charge on any atom is -0.418 e. The first-order valence-corrected chi connectivity index (χ1v) is 22.1. The van der Waals surface area contributed by atoms with Crippen LogP contribution in [0.3, 0.4) is 0 Å². The Morgan fingerprint density at radius 2 is 1.02 bits per heavy atom. The van der Waals surface area contributed by atoms with E-state index in [0.29, 0.717) is 6.61 Å². The quantitative estimate of drug-likeness (QED) is 0.119. The van der Waals surface area contributed by atoms with Gasteiger partial charge in [0, 0.05) is 18.6 Å². The Labute approximate surface area is 249 Å². The molecule has 0 aromatic heterocycles. The molecule has 0 unspecified atom stereocenters. The van der Waals surface area contributed by atoms with Crippen LogP contribution >= 0.6 is 0 Å². The molecule has 0 spiro atoms. The molecule has 0 atom stereocenters. The lowest BCUT2D eigenvalue weighted by Crippen LogP contribution is -2.40. The minimum atomic E-state index is -1.81. The minimum absolute atomic E-state index is 0.260. The van der Waals surface area contributed by atoms with Crippen molar-refractivity contribution < 1.29 is 8.85 Å². The number of rotatable bonds is 10. The van der Waals surface area contributed by atoms with E-state index in [2.05, 4.69) is 124 Å². The van der Waals surface area contributed by atoms with Gasteiger partial charge in [-0.2, -0.15) is 0 Å². The Morgan fingerprint density at radius 1 is 0.561 bits per heavy atom. The molecule has 0 saturated carbocycles. The molecule has 0 radical (unpaired) electrons. The zero-order chi connectivity index (χ0) is 28.8. The largest absolute Gasteiger partial charge is 0.418 e. The summed E-state index contributed by atoms with van der Waals surface area (Å²) in [7, 11) is -3.42. The summed E-state index contributed by atoms with van der Waals surface area (Å²) in [6.07, 6.45) is 3.97. The number of hydrogen-bond acceptors (Lipinski definition) is 2. The van der Waals surface area contributed by atoms with Gasteiger partial charge in [0.15, 0.2) is 16.6 Å². The summed E-state index contributed by atoms with van der Waals surface area (Å²) in [6.45, 7) is 15.3. The van der Waals surface area contributed by atoms with Crippen molar-refractivity contribution in [3.8, 4) is 22.3 Å². The predicted octanol–water partition coefficient (Wildman–Crippen LogP) is 9.60. The van der Waals surface area contributed by atoms with Crippen LogP contribution < -0.4 is 0 Å². The van der Waals surface area contributed by atoms with Crippen molar-refractivity contribution in [1.82, 2.24) is 0 Å². The summed E-state index contributed by atoms with van der Waals surface area (Å²) in [4.78, 5) is 0. The Balaban J connectivity index is 1.55. The van der Waals surface area contributed by atoms with Crippen LogP contribution in [0.15, 0.2) is 84.9 Å². The second kappa shape index (κ2) is 10.8. The zero-order valence-electron chi connectivity index (χ0n) is 25.6. The van der Waals surface area contributed by atoms with Gasteiger partial charge in [0.1, 0.15) is 0 Å². The van der Waals surface area contributed by atoms with Gasteiger partial charge < -0.3 is 8.85 Å². The van der Waals surface area contributed by atoms with Gasteiger partial charge in [0.2, 0.25) is 0 Å². The van der Waals surface area contributed by atoms with Crippen LogP contribution in [0.2, 0.25) is 39.3 Å².